The Hall–Kier alpha value is -5.91. The molecule has 17 heteroatoms. The zero-order chi connectivity index (χ0) is 46.1. The summed E-state index contributed by atoms with van der Waals surface area (Å²) in [5.41, 5.74) is -4.60. The van der Waals surface area contributed by atoms with Crippen LogP contribution in [0.25, 0.3) is 0 Å². The van der Waals surface area contributed by atoms with E-state index in [0.29, 0.717) is 17.7 Å². The first-order valence-electron chi connectivity index (χ1n) is 21.4. The van der Waals surface area contributed by atoms with Crippen LogP contribution in [-0.2, 0) is 49.5 Å². The molecule has 2 aromatic carbocycles. The lowest BCUT2D eigenvalue weighted by atomic mass is 9.44. The highest BCUT2D eigenvalue weighted by Gasteiger charge is 2.80. The van der Waals surface area contributed by atoms with Crippen LogP contribution in [0.1, 0.15) is 76.4 Å². The fraction of sp³-hybridized carbons (Fsp3) is 0.468. The summed E-state index contributed by atoms with van der Waals surface area (Å²) in [7, 11) is 0. The molecule has 2 aliphatic heterocycles. The second-order valence-electron chi connectivity index (χ2n) is 18.2. The molecule has 0 unspecified atom stereocenters. The van der Waals surface area contributed by atoms with Gasteiger partial charge in [-0.1, -0.05) is 49.4 Å². The van der Waals surface area contributed by atoms with Gasteiger partial charge in [-0.15, -0.1) is 0 Å². The molecular weight excluding hydrogens is 835 g/mol. The quantitative estimate of drug-likeness (QED) is 0.194. The molecule has 15 nitrogen and oxygen atoms in total. The van der Waals surface area contributed by atoms with Crippen LogP contribution in [-0.4, -0.2) is 105 Å². The number of aliphatic carboxylic acids is 1. The second-order valence-corrected chi connectivity index (χ2v) is 18.2. The van der Waals surface area contributed by atoms with Gasteiger partial charge in [0.25, 0.3) is 11.8 Å². The number of nitrogens with one attached hydrogen (secondary N) is 3. The molecule has 8 rings (SSSR count). The molecule has 64 heavy (non-hydrogen) atoms. The van der Waals surface area contributed by atoms with Gasteiger partial charge in [0, 0.05) is 53.1 Å². The molecule has 2 aromatic rings. The highest BCUT2D eigenvalue weighted by Crippen LogP contribution is 2.72. The number of nitrogens with zero attached hydrogens (tertiary/aromatic N) is 1. The fourth-order valence-corrected chi connectivity index (χ4v) is 11.2. The molecule has 5 amide bonds. The Labute approximate surface area is 367 Å². The molecule has 0 radical (unpaired) electrons. The second kappa shape index (κ2) is 16.3. The maximum atomic E-state index is 17.6. The van der Waals surface area contributed by atoms with Gasteiger partial charge in [0.2, 0.25) is 17.7 Å². The predicted octanol–water partition coefficient (Wildman–Crippen LogP) is 3.71. The topological polar surface area (TPSA) is 218 Å². The van der Waals surface area contributed by atoms with Crippen LogP contribution in [0.3, 0.4) is 0 Å². The summed E-state index contributed by atoms with van der Waals surface area (Å²) in [6.07, 6.45) is 0.0823. The van der Waals surface area contributed by atoms with Crippen LogP contribution in [0.15, 0.2) is 84.5 Å². The van der Waals surface area contributed by atoms with Crippen molar-refractivity contribution in [3.63, 3.8) is 0 Å². The molecule has 1 saturated heterocycles. The van der Waals surface area contributed by atoms with Crippen molar-refractivity contribution in [1.29, 1.82) is 0 Å². The number of fused-ring (bicyclic) bond motifs is 7. The number of ketones is 1. The number of rotatable bonds is 12. The number of carbonyl (C=O) groups is 7. The van der Waals surface area contributed by atoms with Crippen LogP contribution in [0.4, 0.5) is 14.5 Å². The molecule has 6 aliphatic rings. The van der Waals surface area contributed by atoms with E-state index in [1.807, 2.05) is 18.2 Å². The average Bonchev–Trinajstić information content (AvgIpc) is 3.87. The number of carboxylic acids is 1. The number of allylic oxidation sites excluding steroid dienone is 4. The zero-order valence-corrected chi connectivity index (χ0v) is 35.6. The Kier molecular flexibility index (Phi) is 11.4. The van der Waals surface area contributed by atoms with Crippen molar-refractivity contribution in [3.05, 3.63) is 101 Å². The van der Waals surface area contributed by atoms with Crippen molar-refractivity contribution in [2.24, 2.45) is 22.7 Å². The summed E-state index contributed by atoms with van der Waals surface area (Å²) < 4.78 is 46.3. The standard InChI is InChI=1S/C47H50F2N4O11/c1-24(50-37(56)15-17-53-38(57)12-13-39(53)58)40(59)51-25(2)41(60)52-29-7-5-6-27(19-29)18-26-8-10-28(11-9-26)42-63-36-22-31-32-21-34(48)33-20-30(54)14-16-44(33,3)46(32,49)35(55)23-45(31,4)47(36,64-42)43(61)62/h5-14,16,19-20,24-25,31-32,34-36,42,55H,15,17-18,21-23H2,1-4H3,(H,50,56)(H,51,59)(H,52,60)(H,61,62)/t24-,25-,31-,32-,34-,35-,36+,42+,44-,45-,46-,47-/m0/s1. The minimum Gasteiger partial charge on any atom is -0.479 e. The molecule has 12 atom stereocenters. The van der Waals surface area contributed by atoms with E-state index in [2.05, 4.69) is 16.0 Å². The fourth-order valence-electron chi connectivity index (χ4n) is 11.2. The first-order chi connectivity index (χ1) is 30.2. The van der Waals surface area contributed by atoms with Gasteiger partial charge >= 0.3 is 5.97 Å². The Morgan fingerprint density at radius 3 is 2.28 bits per heavy atom. The monoisotopic (exact) mass is 884 g/mol. The zero-order valence-electron chi connectivity index (χ0n) is 35.6. The van der Waals surface area contributed by atoms with Gasteiger partial charge in [-0.3, -0.25) is 33.7 Å². The first-order valence-corrected chi connectivity index (χ1v) is 21.4. The van der Waals surface area contributed by atoms with Crippen molar-refractivity contribution in [2.75, 3.05) is 11.9 Å². The van der Waals surface area contributed by atoms with Gasteiger partial charge in [-0.25, -0.2) is 13.6 Å². The van der Waals surface area contributed by atoms with Gasteiger partial charge in [-0.2, -0.15) is 0 Å². The number of benzene rings is 2. The molecule has 4 fully saturated rings. The number of carbonyl (C=O) groups excluding carboxylic acids is 6. The summed E-state index contributed by atoms with van der Waals surface area (Å²) in [6, 6.07) is 12.3. The van der Waals surface area contributed by atoms with Crippen LogP contribution in [0.2, 0.25) is 0 Å². The number of anilines is 1. The molecular formula is C47H50F2N4O11. The van der Waals surface area contributed by atoms with Gasteiger partial charge in [0.1, 0.15) is 24.4 Å². The molecule has 0 bridgehead atoms. The molecule has 5 N–H and O–H groups in total. The van der Waals surface area contributed by atoms with E-state index in [0.717, 1.165) is 34.3 Å². The van der Waals surface area contributed by atoms with Gasteiger partial charge in [-0.05, 0) is 93.4 Å². The third-order valence-corrected chi connectivity index (χ3v) is 14.5. The van der Waals surface area contributed by atoms with E-state index in [1.54, 1.807) is 37.3 Å². The Bertz CT molecular complexity index is 2410. The first kappa shape index (κ1) is 44.7. The number of imide groups is 1. The average molecular weight is 885 g/mol. The highest BCUT2D eigenvalue weighted by atomic mass is 19.1. The van der Waals surface area contributed by atoms with Crippen molar-refractivity contribution in [2.45, 2.75) is 108 Å². The maximum Gasteiger partial charge on any atom is 0.339 e. The largest absolute Gasteiger partial charge is 0.479 e. The number of hydrogen-bond donors (Lipinski definition) is 5. The number of halogens is 2. The molecule has 0 spiro atoms. The lowest BCUT2D eigenvalue weighted by Crippen LogP contribution is -2.70. The number of aliphatic hydroxyl groups is 1. The van der Waals surface area contributed by atoms with Crippen molar-refractivity contribution < 1.29 is 62.0 Å². The molecule has 3 saturated carbocycles. The van der Waals surface area contributed by atoms with Crippen molar-refractivity contribution in [3.8, 4) is 0 Å². The van der Waals surface area contributed by atoms with E-state index in [-0.39, 0.29) is 37.8 Å². The number of ether oxygens (including phenoxy) is 2. The highest BCUT2D eigenvalue weighted by molar-refractivity contribution is 6.13. The third-order valence-electron chi connectivity index (χ3n) is 14.5. The van der Waals surface area contributed by atoms with Crippen molar-refractivity contribution in [1.82, 2.24) is 15.5 Å². The van der Waals surface area contributed by atoms with Crippen LogP contribution in [0.5, 0.6) is 0 Å². The summed E-state index contributed by atoms with van der Waals surface area (Å²) in [6.45, 7) is 5.95. The van der Waals surface area contributed by atoms with Crippen molar-refractivity contribution >= 4 is 47.0 Å². The number of carboxylic acid groups (broad SMARTS) is 1. The SMILES string of the molecule is C[C@H](NC(=O)CCN1C(=O)C=CC1=O)C(=O)N[C@@H](C)C(=O)Nc1cccc(Cc2ccc([C@@H]3O[C@@H]4C[C@H]5[C@@H]6C[C@H](F)C7=CC(=O)C=C[C@]7(C)[C@@]6(F)[C@@H](O)C[C@]5(C)[C@]4(C(=O)O)O3)cc2)c1. The molecule has 0 aromatic heterocycles. The number of hydrogen-bond acceptors (Lipinski definition) is 10. The summed E-state index contributed by atoms with van der Waals surface area (Å²) >= 11 is 0. The van der Waals surface area contributed by atoms with Crippen LogP contribution in [0, 0.1) is 22.7 Å². The lowest BCUT2D eigenvalue weighted by Gasteiger charge is -2.62. The lowest BCUT2D eigenvalue weighted by molar-refractivity contribution is -0.240. The van der Waals surface area contributed by atoms with E-state index >= 15 is 8.78 Å². The Balaban J connectivity index is 0.876. The van der Waals surface area contributed by atoms with Gasteiger partial charge in [0.05, 0.1) is 6.10 Å². The number of aliphatic hydroxyl groups excluding tert-OH is 1. The van der Waals surface area contributed by atoms with E-state index < -0.39 is 112 Å². The Morgan fingerprint density at radius 2 is 1.59 bits per heavy atom. The van der Waals surface area contributed by atoms with Crippen LogP contribution < -0.4 is 16.0 Å². The normalized spacial score (nSPS) is 34.5. The van der Waals surface area contributed by atoms with E-state index in [4.69, 9.17) is 9.47 Å². The Morgan fingerprint density at radius 1 is 0.906 bits per heavy atom. The molecule has 2 heterocycles. The maximum absolute atomic E-state index is 17.6. The molecule has 338 valence electrons. The van der Waals surface area contributed by atoms with Gasteiger partial charge in [0.15, 0.2) is 23.3 Å². The minimum atomic E-state index is -2.37. The number of amides is 5. The summed E-state index contributed by atoms with van der Waals surface area (Å²) in [5, 5.41) is 30.4. The summed E-state index contributed by atoms with van der Waals surface area (Å²) in [4.78, 5) is 88.0. The van der Waals surface area contributed by atoms with Gasteiger partial charge < -0.3 is 35.6 Å². The van der Waals surface area contributed by atoms with Crippen LogP contribution >= 0.6 is 0 Å². The minimum absolute atomic E-state index is 0.0153. The smallest absolute Gasteiger partial charge is 0.339 e. The number of alkyl halides is 2. The third kappa shape index (κ3) is 7.17. The molecule has 4 aliphatic carbocycles. The van der Waals surface area contributed by atoms with E-state index in [1.165, 1.54) is 32.9 Å². The summed E-state index contributed by atoms with van der Waals surface area (Å²) in [5.74, 6) is -6.30. The predicted molar refractivity (Wildman–Crippen MR) is 223 cm³/mol. The van der Waals surface area contributed by atoms with E-state index in [9.17, 15) is 43.8 Å².